The third-order valence-corrected chi connectivity index (χ3v) is 3.66. The molecule has 0 unspecified atom stereocenters. The number of ether oxygens (including phenoxy) is 2. The van der Waals surface area contributed by atoms with Gasteiger partial charge in [0.15, 0.2) is 11.5 Å². The third-order valence-electron chi connectivity index (χ3n) is 3.00. The second kappa shape index (κ2) is 6.63. The van der Waals surface area contributed by atoms with Gasteiger partial charge in [-0.1, -0.05) is 6.07 Å². The van der Waals surface area contributed by atoms with Crippen molar-refractivity contribution in [2.75, 3.05) is 19.5 Å². The van der Waals surface area contributed by atoms with E-state index in [4.69, 9.17) is 15.2 Å². The van der Waals surface area contributed by atoms with Gasteiger partial charge in [0.1, 0.15) is 5.75 Å². The Morgan fingerprint density at radius 3 is 2.62 bits per heavy atom. The molecule has 0 atom stereocenters. The van der Waals surface area contributed by atoms with Gasteiger partial charge >= 0.3 is 0 Å². The summed E-state index contributed by atoms with van der Waals surface area (Å²) in [6, 6.07) is 10.4. The van der Waals surface area contributed by atoms with Gasteiger partial charge < -0.3 is 15.2 Å². The number of hydrogen-bond donors (Lipinski definition) is 1. The molecule has 0 spiro atoms. The number of halogens is 1. The summed E-state index contributed by atoms with van der Waals surface area (Å²) in [6.45, 7) is 2.29. The van der Waals surface area contributed by atoms with E-state index in [9.17, 15) is 4.79 Å². The van der Waals surface area contributed by atoms with Crippen molar-refractivity contribution < 1.29 is 14.3 Å². The van der Waals surface area contributed by atoms with Gasteiger partial charge in [-0.2, -0.15) is 0 Å². The van der Waals surface area contributed by atoms with Crippen molar-refractivity contribution in [3.8, 4) is 11.5 Å². The van der Waals surface area contributed by atoms with Gasteiger partial charge in [0.2, 0.25) is 0 Å². The minimum absolute atomic E-state index is 0.153. The highest BCUT2D eigenvalue weighted by Crippen LogP contribution is 2.31. The fourth-order valence-corrected chi connectivity index (χ4v) is 2.53. The molecular formula is C16H16BrNO3. The van der Waals surface area contributed by atoms with Gasteiger partial charge in [-0.05, 0) is 53.2 Å². The number of nitrogens with two attached hydrogens (primary N) is 1. The van der Waals surface area contributed by atoms with Crippen molar-refractivity contribution >= 4 is 27.4 Å². The molecule has 0 fully saturated rings. The second-order valence-corrected chi connectivity index (χ2v) is 5.19. The van der Waals surface area contributed by atoms with Crippen LogP contribution in [0.2, 0.25) is 0 Å². The van der Waals surface area contributed by atoms with Gasteiger partial charge in [0, 0.05) is 10.0 Å². The Bertz CT molecular complexity index is 671. The van der Waals surface area contributed by atoms with E-state index < -0.39 is 0 Å². The van der Waals surface area contributed by atoms with Gasteiger partial charge in [-0.15, -0.1) is 0 Å². The first-order valence-corrected chi connectivity index (χ1v) is 7.27. The lowest BCUT2D eigenvalue weighted by atomic mass is 10.0. The van der Waals surface area contributed by atoms with Crippen LogP contribution in [0.25, 0.3) is 0 Å². The molecule has 0 aliphatic heterocycles. The number of carbonyl (C=O) groups excluding carboxylic acids is 1. The van der Waals surface area contributed by atoms with Crippen LogP contribution in [0.3, 0.4) is 0 Å². The number of hydrogen-bond acceptors (Lipinski definition) is 4. The van der Waals surface area contributed by atoms with Crippen LogP contribution in [0, 0.1) is 0 Å². The van der Waals surface area contributed by atoms with Crippen molar-refractivity contribution in [1.29, 1.82) is 0 Å². The topological polar surface area (TPSA) is 61.5 Å². The molecule has 0 heterocycles. The zero-order chi connectivity index (χ0) is 15.4. The molecule has 21 heavy (non-hydrogen) atoms. The zero-order valence-electron chi connectivity index (χ0n) is 11.9. The molecule has 0 aliphatic carbocycles. The smallest absolute Gasteiger partial charge is 0.197 e. The predicted octanol–water partition coefficient (Wildman–Crippen LogP) is 3.67. The van der Waals surface area contributed by atoms with Crippen LogP contribution in [-0.2, 0) is 0 Å². The first kappa shape index (κ1) is 15.4. The van der Waals surface area contributed by atoms with Crippen molar-refractivity contribution in [2.45, 2.75) is 6.92 Å². The zero-order valence-corrected chi connectivity index (χ0v) is 13.4. The first-order chi connectivity index (χ1) is 10.1. The van der Waals surface area contributed by atoms with Gasteiger partial charge in [0.25, 0.3) is 0 Å². The summed E-state index contributed by atoms with van der Waals surface area (Å²) in [5, 5.41) is 0. The Labute approximate surface area is 132 Å². The van der Waals surface area contributed by atoms with Crippen LogP contribution in [0.5, 0.6) is 11.5 Å². The quantitative estimate of drug-likeness (QED) is 0.660. The summed E-state index contributed by atoms with van der Waals surface area (Å²) in [4.78, 5) is 12.7. The van der Waals surface area contributed by atoms with Crippen LogP contribution in [0.15, 0.2) is 40.9 Å². The number of benzene rings is 2. The van der Waals surface area contributed by atoms with Crippen LogP contribution >= 0.6 is 15.9 Å². The molecule has 0 saturated carbocycles. The summed E-state index contributed by atoms with van der Waals surface area (Å²) in [5.74, 6) is 0.948. The maximum atomic E-state index is 12.7. The molecule has 0 amide bonds. The molecule has 0 aliphatic rings. The molecule has 2 rings (SSSR count). The Kier molecular flexibility index (Phi) is 4.85. The molecule has 110 valence electrons. The fraction of sp³-hybridized carbons (Fsp3) is 0.188. The number of nitrogen functional groups attached to an aromatic ring is 1. The van der Waals surface area contributed by atoms with Crippen LogP contribution in [0.4, 0.5) is 5.69 Å². The van der Waals surface area contributed by atoms with Crippen LogP contribution in [0.1, 0.15) is 22.8 Å². The summed E-state index contributed by atoms with van der Waals surface area (Å²) >= 11 is 3.40. The Balaban J connectivity index is 2.47. The maximum absolute atomic E-state index is 12.7. The van der Waals surface area contributed by atoms with E-state index in [0.717, 1.165) is 0 Å². The molecular weight excluding hydrogens is 334 g/mol. The lowest BCUT2D eigenvalue weighted by Crippen LogP contribution is -2.08. The SMILES string of the molecule is CCOc1c(N)cccc1C(=O)c1ccc(OC)cc1Br. The number of rotatable bonds is 5. The van der Waals surface area contributed by atoms with Crippen molar-refractivity contribution in [3.63, 3.8) is 0 Å². The van der Waals surface area contributed by atoms with E-state index in [1.54, 1.807) is 43.5 Å². The number of carbonyl (C=O) groups is 1. The van der Waals surface area contributed by atoms with Crippen LogP contribution in [-0.4, -0.2) is 19.5 Å². The summed E-state index contributed by atoms with van der Waals surface area (Å²) < 4.78 is 11.3. The van der Waals surface area contributed by atoms with E-state index >= 15 is 0 Å². The highest BCUT2D eigenvalue weighted by molar-refractivity contribution is 9.10. The monoisotopic (exact) mass is 349 g/mol. The van der Waals surface area contributed by atoms with Crippen molar-refractivity contribution in [2.24, 2.45) is 0 Å². The predicted molar refractivity (Wildman–Crippen MR) is 86.1 cm³/mol. The highest BCUT2D eigenvalue weighted by atomic mass is 79.9. The van der Waals surface area contributed by atoms with Gasteiger partial charge in [-0.25, -0.2) is 0 Å². The maximum Gasteiger partial charge on any atom is 0.197 e. The molecule has 2 aromatic carbocycles. The molecule has 0 saturated heterocycles. The lowest BCUT2D eigenvalue weighted by molar-refractivity contribution is 0.103. The van der Waals surface area contributed by atoms with Crippen molar-refractivity contribution in [1.82, 2.24) is 0 Å². The molecule has 0 aromatic heterocycles. The standard InChI is InChI=1S/C16H16BrNO3/c1-3-21-16-12(5-4-6-14(16)18)15(19)11-8-7-10(20-2)9-13(11)17/h4-9H,3,18H2,1-2H3. The van der Waals surface area contributed by atoms with E-state index in [2.05, 4.69) is 15.9 Å². The van der Waals surface area contributed by atoms with E-state index in [-0.39, 0.29) is 5.78 Å². The average Bonchev–Trinajstić information content (AvgIpc) is 2.48. The normalized spacial score (nSPS) is 10.2. The van der Waals surface area contributed by atoms with Crippen molar-refractivity contribution in [3.05, 3.63) is 52.0 Å². The van der Waals surface area contributed by atoms with E-state index in [1.165, 1.54) is 0 Å². The average molecular weight is 350 g/mol. The molecule has 0 bridgehead atoms. The fourth-order valence-electron chi connectivity index (χ4n) is 1.99. The minimum atomic E-state index is -0.153. The first-order valence-electron chi connectivity index (χ1n) is 6.48. The Hall–Kier alpha value is -2.01. The molecule has 2 N–H and O–H groups in total. The number of anilines is 1. The molecule has 2 aromatic rings. The van der Waals surface area contributed by atoms with Gasteiger partial charge in [0.05, 0.1) is 25.0 Å². The number of para-hydroxylation sites is 1. The highest BCUT2D eigenvalue weighted by Gasteiger charge is 2.19. The molecule has 4 nitrogen and oxygen atoms in total. The Morgan fingerprint density at radius 2 is 2.00 bits per heavy atom. The Morgan fingerprint density at radius 1 is 1.24 bits per heavy atom. The third kappa shape index (κ3) is 3.19. The molecule has 5 heteroatoms. The molecule has 0 radical (unpaired) electrons. The minimum Gasteiger partial charge on any atom is -0.497 e. The summed E-state index contributed by atoms with van der Waals surface area (Å²) in [6.07, 6.45) is 0. The second-order valence-electron chi connectivity index (χ2n) is 4.33. The summed E-state index contributed by atoms with van der Waals surface area (Å²) in [7, 11) is 1.58. The van der Waals surface area contributed by atoms with E-state index in [1.807, 2.05) is 6.92 Å². The van der Waals surface area contributed by atoms with E-state index in [0.29, 0.717) is 39.4 Å². The number of ketones is 1. The van der Waals surface area contributed by atoms with Crippen LogP contribution < -0.4 is 15.2 Å². The lowest BCUT2D eigenvalue weighted by Gasteiger charge is -2.13. The largest absolute Gasteiger partial charge is 0.497 e. The summed E-state index contributed by atoms with van der Waals surface area (Å²) in [5.41, 5.74) is 7.33. The van der Waals surface area contributed by atoms with Gasteiger partial charge in [-0.3, -0.25) is 4.79 Å². The number of methoxy groups -OCH3 is 1.